The van der Waals surface area contributed by atoms with Crippen molar-refractivity contribution in [1.29, 1.82) is 0 Å². The maximum Gasteiger partial charge on any atom is 0.330 e. The molecule has 0 rings (SSSR count). The minimum Gasteiger partial charge on any atom is -0.478 e. The van der Waals surface area contributed by atoms with Gasteiger partial charge in [0, 0.05) is 22.3 Å². The number of unbranched alkanes of at least 4 members (excludes halogenated alkanes) is 13. The van der Waals surface area contributed by atoms with Crippen LogP contribution in [0.2, 0.25) is 0 Å². The topological polar surface area (TPSA) is 149 Å². The summed E-state index contributed by atoms with van der Waals surface area (Å²) in [4.78, 5) is 41.4. The summed E-state index contributed by atoms with van der Waals surface area (Å²) in [5, 5.41) is 34.1. The van der Waals surface area contributed by atoms with Crippen molar-refractivity contribution in [2.24, 2.45) is 5.92 Å². The van der Waals surface area contributed by atoms with E-state index < -0.39 is 23.9 Å². The Kier molecular flexibility index (Phi) is 43.2. The van der Waals surface area contributed by atoms with E-state index in [2.05, 4.69) is 60.9 Å². The molecule has 1 atom stereocenters. The second-order valence-electron chi connectivity index (χ2n) is 13.1. The SMILES string of the molecule is C=C(CCC(CC)CCCC)C(=O)O.C=C(CCCCC)C(=O)O.C=C(CCCCCCC)C(=O)O.C=C(CCCCCCCCC)C(=O)O. The summed E-state index contributed by atoms with van der Waals surface area (Å²) < 4.78 is 0. The van der Waals surface area contributed by atoms with Crippen LogP contribution < -0.4 is 0 Å². The molecule has 0 aromatic heterocycles. The van der Waals surface area contributed by atoms with Crippen LogP contribution in [0.15, 0.2) is 48.6 Å². The van der Waals surface area contributed by atoms with E-state index in [4.69, 9.17) is 20.4 Å². The average Bonchev–Trinajstić information content (AvgIpc) is 3.08. The van der Waals surface area contributed by atoms with Gasteiger partial charge in [0.1, 0.15) is 0 Å². The molecule has 0 aliphatic rings. The smallest absolute Gasteiger partial charge is 0.330 e. The fraction of sp³-hybridized carbons (Fsp3) is 0.714. The maximum atomic E-state index is 10.5. The van der Waals surface area contributed by atoms with Crippen molar-refractivity contribution < 1.29 is 39.6 Å². The van der Waals surface area contributed by atoms with E-state index in [1.54, 1.807) is 0 Å². The van der Waals surface area contributed by atoms with E-state index in [1.807, 2.05) is 0 Å². The molecule has 0 bridgehead atoms. The molecule has 4 N–H and O–H groups in total. The third kappa shape index (κ3) is 42.9. The fourth-order valence-electron chi connectivity index (χ4n) is 4.68. The number of aliphatic carboxylic acids is 4. The lowest BCUT2D eigenvalue weighted by molar-refractivity contribution is -0.133. The number of rotatable bonds is 29. The lowest BCUT2D eigenvalue weighted by atomic mass is 9.93. The van der Waals surface area contributed by atoms with Gasteiger partial charge in [0.05, 0.1) is 0 Å². The first kappa shape index (κ1) is 53.6. The van der Waals surface area contributed by atoms with Crippen LogP contribution in [0.1, 0.15) is 189 Å². The molecule has 0 aromatic rings. The van der Waals surface area contributed by atoms with Crippen molar-refractivity contribution in [2.45, 2.75) is 189 Å². The Balaban J connectivity index is -0.000000284. The van der Waals surface area contributed by atoms with Crippen molar-refractivity contribution in [3.8, 4) is 0 Å². The van der Waals surface area contributed by atoms with Crippen LogP contribution in [-0.4, -0.2) is 44.3 Å². The summed E-state index contributed by atoms with van der Waals surface area (Å²) in [7, 11) is 0. The Morgan fingerprint density at radius 2 is 0.640 bits per heavy atom. The maximum absolute atomic E-state index is 10.5. The molecule has 0 aliphatic heterocycles. The lowest BCUT2D eigenvalue weighted by Crippen LogP contribution is -2.04. The van der Waals surface area contributed by atoms with Crippen molar-refractivity contribution >= 4 is 23.9 Å². The second kappa shape index (κ2) is 40.3. The quantitative estimate of drug-likeness (QED) is 0.0443. The van der Waals surface area contributed by atoms with E-state index >= 15 is 0 Å². The first-order chi connectivity index (χ1) is 23.7. The molecule has 0 heterocycles. The van der Waals surface area contributed by atoms with Gasteiger partial charge in [-0.3, -0.25) is 0 Å². The highest BCUT2D eigenvalue weighted by atomic mass is 16.4. The predicted octanol–water partition coefficient (Wildman–Crippen LogP) is 12.6. The summed E-state index contributed by atoms with van der Waals surface area (Å²) in [6, 6.07) is 0. The van der Waals surface area contributed by atoms with E-state index in [0.29, 0.717) is 53.9 Å². The van der Waals surface area contributed by atoms with E-state index in [1.165, 1.54) is 70.6 Å². The summed E-state index contributed by atoms with van der Waals surface area (Å²) in [6.45, 7) is 24.8. The van der Waals surface area contributed by atoms with Gasteiger partial charge < -0.3 is 20.4 Å². The average molecular weight is 709 g/mol. The zero-order valence-corrected chi connectivity index (χ0v) is 32.8. The second-order valence-corrected chi connectivity index (χ2v) is 13.1. The van der Waals surface area contributed by atoms with Crippen molar-refractivity contribution in [3.05, 3.63) is 48.6 Å². The Hall–Kier alpha value is -3.16. The summed E-state index contributed by atoms with van der Waals surface area (Å²) >= 11 is 0. The number of carboxylic acids is 4. The monoisotopic (exact) mass is 709 g/mol. The Morgan fingerprint density at radius 1 is 0.380 bits per heavy atom. The van der Waals surface area contributed by atoms with Crippen LogP contribution in [0.5, 0.6) is 0 Å². The van der Waals surface area contributed by atoms with Gasteiger partial charge in [-0.25, -0.2) is 19.2 Å². The van der Waals surface area contributed by atoms with Gasteiger partial charge >= 0.3 is 23.9 Å². The number of carboxylic acid groups (broad SMARTS) is 4. The number of carbonyl (C=O) groups is 4. The molecule has 0 aromatic carbocycles. The molecule has 1 unspecified atom stereocenters. The molecule has 0 spiro atoms. The van der Waals surface area contributed by atoms with Gasteiger partial charge in [-0.1, -0.05) is 164 Å². The molecule has 8 nitrogen and oxygen atoms in total. The lowest BCUT2D eigenvalue weighted by Gasteiger charge is -2.13. The highest BCUT2D eigenvalue weighted by Gasteiger charge is 2.09. The molecule has 0 fully saturated rings. The Bertz CT molecular complexity index is 934. The zero-order valence-electron chi connectivity index (χ0n) is 32.8. The summed E-state index contributed by atoms with van der Waals surface area (Å²) in [5.41, 5.74) is 1.36. The number of hydrogen-bond acceptors (Lipinski definition) is 4. The van der Waals surface area contributed by atoms with Crippen LogP contribution in [0.4, 0.5) is 0 Å². The van der Waals surface area contributed by atoms with Gasteiger partial charge in [-0.15, -0.1) is 0 Å². The van der Waals surface area contributed by atoms with Crippen LogP contribution in [0, 0.1) is 5.92 Å². The molecule has 0 aliphatic carbocycles. The van der Waals surface area contributed by atoms with Gasteiger partial charge in [-0.2, -0.15) is 0 Å². The molecule has 292 valence electrons. The normalized spacial score (nSPS) is 10.5. The van der Waals surface area contributed by atoms with Crippen molar-refractivity contribution in [3.63, 3.8) is 0 Å². The van der Waals surface area contributed by atoms with E-state index in [0.717, 1.165) is 57.8 Å². The van der Waals surface area contributed by atoms with Crippen LogP contribution >= 0.6 is 0 Å². The van der Waals surface area contributed by atoms with Crippen LogP contribution in [0.3, 0.4) is 0 Å². The predicted molar refractivity (Wildman–Crippen MR) is 210 cm³/mol. The molecule has 8 heteroatoms. The molecule has 50 heavy (non-hydrogen) atoms. The van der Waals surface area contributed by atoms with Gasteiger partial charge in [0.25, 0.3) is 0 Å². The third-order valence-electron chi connectivity index (χ3n) is 8.35. The largest absolute Gasteiger partial charge is 0.478 e. The first-order valence-electron chi connectivity index (χ1n) is 19.3. The molecular formula is C42H76O8. The van der Waals surface area contributed by atoms with Crippen molar-refractivity contribution in [2.75, 3.05) is 0 Å². The molecule has 0 radical (unpaired) electrons. The van der Waals surface area contributed by atoms with Gasteiger partial charge in [0.2, 0.25) is 0 Å². The van der Waals surface area contributed by atoms with E-state index in [-0.39, 0.29) is 0 Å². The zero-order chi connectivity index (χ0) is 39.2. The molecule has 0 saturated carbocycles. The highest BCUT2D eigenvalue weighted by molar-refractivity contribution is 5.86. The summed E-state index contributed by atoms with van der Waals surface area (Å²) in [6.07, 6.45) is 25.8. The molecular weight excluding hydrogens is 632 g/mol. The van der Waals surface area contributed by atoms with Gasteiger partial charge in [0.15, 0.2) is 0 Å². The fourth-order valence-corrected chi connectivity index (χ4v) is 4.68. The Labute approximate surface area is 306 Å². The van der Waals surface area contributed by atoms with Gasteiger partial charge in [-0.05, 0) is 57.3 Å². The molecule has 0 saturated heterocycles. The van der Waals surface area contributed by atoms with Crippen LogP contribution in [0.25, 0.3) is 0 Å². The van der Waals surface area contributed by atoms with Crippen LogP contribution in [-0.2, 0) is 19.2 Å². The number of hydrogen-bond donors (Lipinski definition) is 4. The molecule has 0 amide bonds. The standard InChI is InChI=1S/2C12H22O2.C10H18O2.C8H14O2/c1-4-6-7-11(5-2)9-8-10(3)12(13)14;1-3-4-5-6-7-8-9-10-11(2)12(13)14;1-3-4-5-6-7-8-9(2)10(11)12;1-3-4-5-6-7(2)8(9)10/h11H,3-9H2,1-2H3,(H,13,14);2-10H2,1H3,(H,13,14);2-8H2,1H3,(H,11,12);2-6H2,1H3,(H,9,10). The first-order valence-corrected chi connectivity index (χ1v) is 19.3. The minimum absolute atomic E-state index is 0.327. The summed E-state index contributed by atoms with van der Waals surface area (Å²) in [5.74, 6) is -2.75. The minimum atomic E-state index is -0.865. The van der Waals surface area contributed by atoms with E-state index in [9.17, 15) is 19.2 Å². The third-order valence-corrected chi connectivity index (χ3v) is 8.35. The Morgan fingerprint density at radius 3 is 0.940 bits per heavy atom. The van der Waals surface area contributed by atoms with Crippen molar-refractivity contribution in [1.82, 2.24) is 0 Å². The highest BCUT2D eigenvalue weighted by Crippen LogP contribution is 2.20.